The van der Waals surface area contributed by atoms with Crippen molar-refractivity contribution < 1.29 is 14.6 Å². The van der Waals surface area contributed by atoms with Crippen molar-refractivity contribution in [2.24, 2.45) is 5.73 Å². The molecule has 104 valence electrons. The molecule has 1 heterocycles. The third kappa shape index (κ3) is 2.57. The Morgan fingerprint density at radius 2 is 2.32 bits per heavy atom. The topological polar surface area (TPSA) is 75.8 Å². The van der Waals surface area contributed by atoms with Crippen LogP contribution in [0.25, 0.3) is 0 Å². The normalized spacial score (nSPS) is 22.0. The molecule has 0 bridgehead atoms. The zero-order valence-corrected chi connectivity index (χ0v) is 11.3. The summed E-state index contributed by atoms with van der Waals surface area (Å²) in [5.74, 6) is 0.550. The maximum Gasteiger partial charge on any atom is 0.224 e. The second-order valence-corrected chi connectivity index (χ2v) is 4.91. The van der Waals surface area contributed by atoms with Gasteiger partial charge in [0.25, 0.3) is 0 Å². The molecule has 0 spiro atoms. The summed E-state index contributed by atoms with van der Waals surface area (Å²) in [4.78, 5) is 13.4. The maximum atomic E-state index is 11.8. The van der Waals surface area contributed by atoms with Gasteiger partial charge in [-0.25, -0.2) is 0 Å². The van der Waals surface area contributed by atoms with Crippen LogP contribution in [0.1, 0.15) is 19.4 Å². The number of benzene rings is 1. The van der Waals surface area contributed by atoms with Gasteiger partial charge in [-0.3, -0.25) is 4.79 Å². The number of ether oxygens (including phenoxy) is 1. The minimum absolute atomic E-state index is 0.120. The van der Waals surface area contributed by atoms with Crippen molar-refractivity contribution in [2.75, 3.05) is 24.6 Å². The quantitative estimate of drug-likeness (QED) is 0.842. The van der Waals surface area contributed by atoms with E-state index >= 15 is 0 Å². The molecule has 0 radical (unpaired) electrons. The van der Waals surface area contributed by atoms with Crippen molar-refractivity contribution in [3.05, 3.63) is 23.8 Å². The van der Waals surface area contributed by atoms with E-state index in [1.807, 2.05) is 25.1 Å². The van der Waals surface area contributed by atoms with Crippen LogP contribution in [0.3, 0.4) is 0 Å². The molecular formula is C14H20N2O3. The van der Waals surface area contributed by atoms with Gasteiger partial charge in [0, 0.05) is 19.9 Å². The SMILES string of the molecule is CCOc1cccc2c1N(C(C)=O)CC(O)(CN)C2. The van der Waals surface area contributed by atoms with Crippen LogP contribution in [0.2, 0.25) is 0 Å². The average molecular weight is 264 g/mol. The van der Waals surface area contributed by atoms with Gasteiger partial charge in [-0.05, 0) is 18.6 Å². The van der Waals surface area contributed by atoms with Gasteiger partial charge in [-0.1, -0.05) is 12.1 Å². The van der Waals surface area contributed by atoms with E-state index in [1.165, 1.54) is 6.92 Å². The summed E-state index contributed by atoms with van der Waals surface area (Å²) in [5, 5.41) is 10.4. The zero-order valence-electron chi connectivity index (χ0n) is 11.3. The molecular weight excluding hydrogens is 244 g/mol. The average Bonchev–Trinajstić information content (AvgIpc) is 2.38. The van der Waals surface area contributed by atoms with E-state index in [-0.39, 0.29) is 19.0 Å². The summed E-state index contributed by atoms with van der Waals surface area (Å²) in [6.45, 7) is 4.24. The van der Waals surface area contributed by atoms with Crippen molar-refractivity contribution in [3.63, 3.8) is 0 Å². The zero-order chi connectivity index (χ0) is 14.0. The van der Waals surface area contributed by atoms with E-state index in [0.29, 0.717) is 18.8 Å². The number of amides is 1. The molecule has 5 nitrogen and oxygen atoms in total. The number of carbonyl (C=O) groups is 1. The van der Waals surface area contributed by atoms with Gasteiger partial charge < -0.3 is 20.5 Å². The van der Waals surface area contributed by atoms with E-state index in [9.17, 15) is 9.90 Å². The van der Waals surface area contributed by atoms with Gasteiger partial charge in [0.1, 0.15) is 5.75 Å². The lowest BCUT2D eigenvalue weighted by atomic mass is 9.88. The van der Waals surface area contributed by atoms with Gasteiger partial charge >= 0.3 is 0 Å². The lowest BCUT2D eigenvalue weighted by Crippen LogP contribution is -2.54. The van der Waals surface area contributed by atoms with E-state index in [4.69, 9.17) is 10.5 Å². The van der Waals surface area contributed by atoms with Crippen LogP contribution >= 0.6 is 0 Å². The number of rotatable bonds is 3. The maximum absolute atomic E-state index is 11.8. The summed E-state index contributed by atoms with van der Waals surface area (Å²) in [5.41, 5.74) is 6.22. The molecule has 0 aromatic heterocycles. The first-order valence-electron chi connectivity index (χ1n) is 6.46. The molecule has 1 aliphatic heterocycles. The molecule has 0 saturated carbocycles. The van der Waals surface area contributed by atoms with Crippen molar-refractivity contribution in [1.82, 2.24) is 0 Å². The molecule has 0 fully saturated rings. The molecule has 1 amide bonds. The van der Waals surface area contributed by atoms with Crippen LogP contribution in [0.15, 0.2) is 18.2 Å². The number of hydrogen-bond donors (Lipinski definition) is 2. The van der Waals surface area contributed by atoms with Crippen LogP contribution in [0.5, 0.6) is 5.75 Å². The van der Waals surface area contributed by atoms with Crippen molar-refractivity contribution >= 4 is 11.6 Å². The minimum atomic E-state index is -1.07. The third-order valence-corrected chi connectivity index (χ3v) is 3.38. The number of nitrogens with two attached hydrogens (primary N) is 1. The summed E-state index contributed by atoms with van der Waals surface area (Å²) in [7, 11) is 0. The van der Waals surface area contributed by atoms with Crippen molar-refractivity contribution in [1.29, 1.82) is 0 Å². The Morgan fingerprint density at radius 3 is 2.89 bits per heavy atom. The second kappa shape index (κ2) is 5.19. The van der Waals surface area contributed by atoms with Gasteiger partial charge in [0.15, 0.2) is 0 Å². The Hall–Kier alpha value is -1.59. The highest BCUT2D eigenvalue weighted by atomic mass is 16.5. The first kappa shape index (κ1) is 13.8. The van der Waals surface area contributed by atoms with Crippen molar-refractivity contribution in [3.8, 4) is 5.75 Å². The van der Waals surface area contributed by atoms with E-state index in [1.54, 1.807) is 4.90 Å². The number of anilines is 1. The van der Waals surface area contributed by atoms with E-state index < -0.39 is 5.60 Å². The lowest BCUT2D eigenvalue weighted by molar-refractivity contribution is -0.117. The highest BCUT2D eigenvalue weighted by molar-refractivity contribution is 5.95. The van der Waals surface area contributed by atoms with Crippen LogP contribution in [0.4, 0.5) is 5.69 Å². The first-order chi connectivity index (χ1) is 9.00. The molecule has 5 heteroatoms. The smallest absolute Gasteiger partial charge is 0.224 e. The Kier molecular flexibility index (Phi) is 3.78. The van der Waals surface area contributed by atoms with E-state index in [2.05, 4.69) is 0 Å². The Bertz CT molecular complexity index is 490. The lowest BCUT2D eigenvalue weighted by Gasteiger charge is -2.40. The molecule has 0 saturated heterocycles. The number of β-amino-alcohol motifs (C(OH)–C–C–N with tert-alkyl or cyclic N) is 1. The molecule has 19 heavy (non-hydrogen) atoms. The number of hydrogen-bond acceptors (Lipinski definition) is 4. The predicted octanol–water partition coefficient (Wildman–Crippen LogP) is 0.684. The van der Waals surface area contributed by atoms with Crippen molar-refractivity contribution in [2.45, 2.75) is 25.9 Å². The number of fused-ring (bicyclic) bond motifs is 1. The molecule has 1 aromatic rings. The summed E-state index contributed by atoms with van der Waals surface area (Å²) >= 11 is 0. The number of aliphatic hydroxyl groups is 1. The Morgan fingerprint density at radius 1 is 1.58 bits per heavy atom. The van der Waals surface area contributed by atoms with Crippen LogP contribution < -0.4 is 15.4 Å². The van der Waals surface area contributed by atoms with Crippen LogP contribution in [-0.4, -0.2) is 36.3 Å². The summed E-state index contributed by atoms with van der Waals surface area (Å²) in [6, 6.07) is 5.60. The highest BCUT2D eigenvalue weighted by Gasteiger charge is 2.38. The van der Waals surface area contributed by atoms with Gasteiger partial charge in [0.2, 0.25) is 5.91 Å². The fourth-order valence-corrected chi connectivity index (χ4v) is 2.48. The summed E-state index contributed by atoms with van der Waals surface area (Å²) < 4.78 is 5.58. The summed E-state index contributed by atoms with van der Waals surface area (Å²) in [6.07, 6.45) is 0.434. The Labute approximate surface area is 113 Å². The third-order valence-electron chi connectivity index (χ3n) is 3.38. The minimum Gasteiger partial charge on any atom is -0.492 e. The number of carbonyl (C=O) groups excluding carboxylic acids is 1. The Balaban J connectivity index is 2.51. The number of nitrogens with zero attached hydrogens (tertiary/aromatic N) is 1. The van der Waals surface area contributed by atoms with E-state index in [0.717, 1.165) is 11.3 Å². The first-order valence-corrected chi connectivity index (χ1v) is 6.46. The van der Waals surface area contributed by atoms with Gasteiger partial charge in [-0.15, -0.1) is 0 Å². The fraction of sp³-hybridized carbons (Fsp3) is 0.500. The molecule has 1 aliphatic rings. The standard InChI is InChI=1S/C14H20N2O3/c1-3-19-12-6-4-5-11-7-14(18,8-15)9-16(10(2)17)13(11)12/h4-6,18H,3,7-9,15H2,1-2H3. The predicted molar refractivity (Wildman–Crippen MR) is 73.3 cm³/mol. The second-order valence-electron chi connectivity index (χ2n) is 4.91. The highest BCUT2D eigenvalue weighted by Crippen LogP contribution is 2.38. The molecule has 1 atom stereocenters. The largest absolute Gasteiger partial charge is 0.492 e. The number of para-hydroxylation sites is 1. The molecule has 0 aliphatic carbocycles. The van der Waals surface area contributed by atoms with Crippen LogP contribution in [0, 0.1) is 0 Å². The molecule has 1 aromatic carbocycles. The van der Waals surface area contributed by atoms with Gasteiger partial charge in [0.05, 0.1) is 24.4 Å². The molecule has 3 N–H and O–H groups in total. The monoisotopic (exact) mass is 264 g/mol. The molecule has 1 unspecified atom stereocenters. The van der Waals surface area contributed by atoms with Gasteiger partial charge in [-0.2, -0.15) is 0 Å². The fourth-order valence-electron chi connectivity index (χ4n) is 2.48. The van der Waals surface area contributed by atoms with Crippen LogP contribution in [-0.2, 0) is 11.2 Å². The molecule has 2 rings (SSSR count).